The van der Waals surface area contributed by atoms with Gasteiger partial charge in [0.2, 0.25) is 5.91 Å². The summed E-state index contributed by atoms with van der Waals surface area (Å²) in [6.07, 6.45) is 50.1. The summed E-state index contributed by atoms with van der Waals surface area (Å²) >= 11 is 0. The lowest BCUT2D eigenvalue weighted by Crippen LogP contribution is -2.45. The van der Waals surface area contributed by atoms with Crippen LogP contribution in [0.15, 0.2) is 12.2 Å². The third kappa shape index (κ3) is 36.4. The molecule has 0 fully saturated rings. The van der Waals surface area contributed by atoms with Crippen LogP contribution in [-0.4, -0.2) is 34.9 Å². The molecule has 0 bridgehead atoms. The van der Waals surface area contributed by atoms with E-state index >= 15 is 0 Å². The first-order chi connectivity index (χ1) is 23.7. The van der Waals surface area contributed by atoms with Crippen LogP contribution in [-0.2, 0) is 4.79 Å². The Morgan fingerprint density at radius 3 is 1.17 bits per heavy atom. The Balaban J connectivity index is 3.46. The number of unbranched alkanes of at least 4 members (excludes halogenated alkanes) is 31. The van der Waals surface area contributed by atoms with Crippen LogP contribution in [0.2, 0.25) is 0 Å². The first-order valence-electron chi connectivity index (χ1n) is 21.9. The second-order valence-electron chi connectivity index (χ2n) is 15.1. The smallest absolute Gasteiger partial charge is 0.220 e. The predicted octanol–water partition coefficient (Wildman–Crippen LogP) is 13.5. The lowest BCUT2D eigenvalue weighted by molar-refractivity contribution is -0.123. The topological polar surface area (TPSA) is 69.6 Å². The number of aliphatic hydroxyl groups excluding tert-OH is 2. The fraction of sp³-hybridized carbons (Fsp3) is 0.932. The van der Waals surface area contributed by atoms with Gasteiger partial charge in [-0.3, -0.25) is 4.79 Å². The van der Waals surface area contributed by atoms with Crippen LogP contribution in [0.5, 0.6) is 0 Å². The minimum Gasteiger partial charge on any atom is -0.394 e. The molecule has 0 aliphatic heterocycles. The Hall–Kier alpha value is -0.870. The van der Waals surface area contributed by atoms with E-state index in [0.29, 0.717) is 12.8 Å². The zero-order valence-electron chi connectivity index (χ0n) is 32.8. The minimum absolute atomic E-state index is 0.0385. The fourth-order valence-electron chi connectivity index (χ4n) is 6.89. The number of carbonyl (C=O) groups excluding carboxylic acids is 1. The van der Waals surface area contributed by atoms with Crippen molar-refractivity contribution in [1.82, 2.24) is 5.32 Å². The highest BCUT2D eigenvalue weighted by atomic mass is 16.3. The molecule has 0 aliphatic rings. The summed E-state index contributed by atoms with van der Waals surface area (Å²) in [5.74, 6) is -0.0385. The van der Waals surface area contributed by atoms with Gasteiger partial charge < -0.3 is 15.5 Å². The number of allylic oxidation sites excluding steroid dienone is 2. The normalized spacial score (nSPS) is 13.0. The summed E-state index contributed by atoms with van der Waals surface area (Å²) in [5.41, 5.74) is 0. The molecular weight excluding hydrogens is 590 g/mol. The van der Waals surface area contributed by atoms with Gasteiger partial charge >= 0.3 is 0 Å². The van der Waals surface area contributed by atoms with E-state index < -0.39 is 12.1 Å². The zero-order chi connectivity index (χ0) is 35.0. The first kappa shape index (κ1) is 47.1. The van der Waals surface area contributed by atoms with Crippen molar-refractivity contribution < 1.29 is 15.0 Å². The number of carbonyl (C=O) groups is 1. The molecule has 2 atom stereocenters. The highest BCUT2D eigenvalue weighted by Crippen LogP contribution is 2.16. The second kappa shape index (κ2) is 40.6. The van der Waals surface area contributed by atoms with Crippen LogP contribution in [0.3, 0.4) is 0 Å². The summed E-state index contributed by atoms with van der Waals surface area (Å²) in [6.45, 7) is 4.35. The van der Waals surface area contributed by atoms with E-state index in [2.05, 4.69) is 31.3 Å². The SMILES string of the molecule is CCCCCC/C=C\CCCCCCCC(=O)NC(CO)C(O)CCCCCCCCCCCCCCCCCCCCCCCCC. The van der Waals surface area contributed by atoms with Gasteiger partial charge in [-0.2, -0.15) is 0 Å². The molecule has 2 unspecified atom stereocenters. The summed E-state index contributed by atoms with van der Waals surface area (Å²) in [7, 11) is 0. The van der Waals surface area contributed by atoms with E-state index in [-0.39, 0.29) is 12.5 Å². The maximum atomic E-state index is 12.4. The lowest BCUT2D eigenvalue weighted by Gasteiger charge is -2.22. The highest BCUT2D eigenvalue weighted by molar-refractivity contribution is 5.76. The van der Waals surface area contributed by atoms with Crippen molar-refractivity contribution >= 4 is 5.91 Å². The number of rotatable bonds is 40. The molecule has 3 N–H and O–H groups in total. The Morgan fingerprint density at radius 1 is 0.479 bits per heavy atom. The molecule has 0 aromatic heterocycles. The Kier molecular flexibility index (Phi) is 39.8. The average Bonchev–Trinajstić information content (AvgIpc) is 3.09. The van der Waals surface area contributed by atoms with Gasteiger partial charge in [-0.1, -0.05) is 212 Å². The quantitative estimate of drug-likeness (QED) is 0.0446. The molecule has 4 nitrogen and oxygen atoms in total. The molecule has 0 spiro atoms. The van der Waals surface area contributed by atoms with Crippen LogP contribution in [0.25, 0.3) is 0 Å². The van der Waals surface area contributed by atoms with Gasteiger partial charge in [0.1, 0.15) is 0 Å². The van der Waals surface area contributed by atoms with Crippen LogP contribution < -0.4 is 5.32 Å². The molecule has 286 valence electrons. The second-order valence-corrected chi connectivity index (χ2v) is 15.1. The van der Waals surface area contributed by atoms with Crippen LogP contribution in [0.1, 0.15) is 245 Å². The zero-order valence-corrected chi connectivity index (χ0v) is 32.8. The van der Waals surface area contributed by atoms with E-state index in [0.717, 1.165) is 25.7 Å². The van der Waals surface area contributed by atoms with Crippen molar-refractivity contribution in [1.29, 1.82) is 0 Å². The molecule has 0 aliphatic carbocycles. The molecule has 0 radical (unpaired) electrons. The van der Waals surface area contributed by atoms with E-state index in [9.17, 15) is 15.0 Å². The number of hydrogen-bond donors (Lipinski definition) is 3. The van der Waals surface area contributed by atoms with Crippen LogP contribution in [0.4, 0.5) is 0 Å². The fourth-order valence-corrected chi connectivity index (χ4v) is 6.89. The van der Waals surface area contributed by atoms with E-state index in [1.54, 1.807) is 0 Å². The summed E-state index contributed by atoms with van der Waals surface area (Å²) in [5, 5.41) is 23.1. The molecule has 0 rings (SSSR count). The third-order valence-electron chi connectivity index (χ3n) is 10.3. The van der Waals surface area contributed by atoms with Crippen molar-refractivity contribution in [3.63, 3.8) is 0 Å². The molecule has 0 saturated heterocycles. The van der Waals surface area contributed by atoms with Gasteiger partial charge in [0.25, 0.3) is 0 Å². The maximum absolute atomic E-state index is 12.4. The van der Waals surface area contributed by atoms with Crippen LogP contribution in [0, 0.1) is 0 Å². The van der Waals surface area contributed by atoms with E-state index in [4.69, 9.17) is 0 Å². The third-order valence-corrected chi connectivity index (χ3v) is 10.3. The highest BCUT2D eigenvalue weighted by Gasteiger charge is 2.20. The van der Waals surface area contributed by atoms with Gasteiger partial charge in [-0.05, 0) is 38.5 Å². The van der Waals surface area contributed by atoms with Crippen LogP contribution >= 0.6 is 0 Å². The number of aliphatic hydroxyl groups is 2. The molecule has 0 aromatic carbocycles. The largest absolute Gasteiger partial charge is 0.394 e. The van der Waals surface area contributed by atoms with Gasteiger partial charge in [0.15, 0.2) is 0 Å². The standard InChI is InChI=1S/C44H87NO3/c1-3-5-7-9-11-13-15-17-18-19-20-21-22-23-24-25-26-28-29-31-33-35-37-39-43(47)42(41-46)45-44(48)40-38-36-34-32-30-27-16-14-12-10-8-6-4-2/h14,16,42-43,46-47H,3-13,15,17-41H2,1-2H3,(H,45,48)/b16-14-. The van der Waals surface area contributed by atoms with Crippen molar-refractivity contribution in [3.8, 4) is 0 Å². The van der Waals surface area contributed by atoms with Crippen molar-refractivity contribution in [2.24, 2.45) is 0 Å². The Bertz CT molecular complexity index is 651. The van der Waals surface area contributed by atoms with E-state index in [1.165, 1.54) is 193 Å². The first-order valence-corrected chi connectivity index (χ1v) is 21.9. The molecule has 0 saturated carbocycles. The number of hydrogen-bond acceptors (Lipinski definition) is 3. The molecule has 1 amide bonds. The molecule has 4 heteroatoms. The monoisotopic (exact) mass is 678 g/mol. The molecule has 48 heavy (non-hydrogen) atoms. The summed E-state index contributed by atoms with van der Waals surface area (Å²) in [4.78, 5) is 12.4. The average molecular weight is 678 g/mol. The van der Waals surface area contributed by atoms with Crippen molar-refractivity contribution in [3.05, 3.63) is 12.2 Å². The van der Waals surface area contributed by atoms with Gasteiger partial charge in [0.05, 0.1) is 18.8 Å². The van der Waals surface area contributed by atoms with Gasteiger partial charge in [-0.15, -0.1) is 0 Å². The van der Waals surface area contributed by atoms with Crippen molar-refractivity contribution in [2.75, 3.05) is 6.61 Å². The molecule has 0 aromatic rings. The van der Waals surface area contributed by atoms with Gasteiger partial charge in [-0.25, -0.2) is 0 Å². The number of nitrogens with one attached hydrogen (secondary N) is 1. The number of amides is 1. The van der Waals surface area contributed by atoms with Gasteiger partial charge in [0, 0.05) is 6.42 Å². The van der Waals surface area contributed by atoms with Crippen molar-refractivity contribution in [2.45, 2.75) is 257 Å². The maximum Gasteiger partial charge on any atom is 0.220 e. The minimum atomic E-state index is -0.659. The summed E-state index contributed by atoms with van der Waals surface area (Å²) < 4.78 is 0. The molecule has 0 heterocycles. The Labute approximate surface area is 301 Å². The summed E-state index contributed by atoms with van der Waals surface area (Å²) in [6, 6.07) is -0.536. The molecular formula is C44H87NO3. The Morgan fingerprint density at radius 2 is 0.792 bits per heavy atom. The lowest BCUT2D eigenvalue weighted by atomic mass is 10.0. The predicted molar refractivity (Wildman–Crippen MR) is 212 cm³/mol. The van der Waals surface area contributed by atoms with E-state index in [1.807, 2.05) is 0 Å².